The van der Waals surface area contributed by atoms with Gasteiger partial charge in [-0.3, -0.25) is 4.79 Å². The van der Waals surface area contributed by atoms with Gasteiger partial charge in [-0.25, -0.2) is 10.2 Å². The third-order valence-corrected chi connectivity index (χ3v) is 4.33. The normalized spacial score (nSPS) is 10.6. The topological polar surface area (TPSA) is 109 Å². The molecule has 0 bridgehead atoms. The lowest BCUT2D eigenvalue weighted by Crippen LogP contribution is -2.19. The van der Waals surface area contributed by atoms with Crippen LogP contribution in [0.25, 0.3) is 0 Å². The highest BCUT2D eigenvalue weighted by molar-refractivity contribution is 5.89. The third-order valence-electron chi connectivity index (χ3n) is 4.33. The molecule has 3 aromatic rings. The number of furan rings is 1. The Morgan fingerprint density at radius 3 is 2.34 bits per heavy atom. The molecule has 1 amide bonds. The van der Waals surface area contributed by atoms with Gasteiger partial charge in [0.05, 0.1) is 40.2 Å². The Morgan fingerprint density at radius 2 is 1.66 bits per heavy atom. The highest BCUT2D eigenvalue weighted by Crippen LogP contribution is 2.29. The Balaban J connectivity index is 1.60. The van der Waals surface area contributed by atoms with Gasteiger partial charge in [-0.05, 0) is 53.6 Å². The van der Waals surface area contributed by atoms with Crippen molar-refractivity contribution in [1.29, 1.82) is 0 Å². The van der Waals surface area contributed by atoms with E-state index in [2.05, 4.69) is 10.5 Å². The van der Waals surface area contributed by atoms with Crippen LogP contribution < -0.4 is 24.4 Å². The molecule has 9 nitrogen and oxygen atoms in total. The Bertz CT molecular complexity index is 1110. The van der Waals surface area contributed by atoms with Gasteiger partial charge in [0.2, 0.25) is 11.7 Å². The van der Waals surface area contributed by atoms with Crippen LogP contribution in [0.4, 0.5) is 0 Å². The molecule has 3 rings (SSSR count). The van der Waals surface area contributed by atoms with E-state index in [4.69, 9.17) is 23.4 Å². The number of nitrogens with zero attached hydrogens (tertiary/aromatic N) is 1. The molecule has 1 aromatic heterocycles. The minimum Gasteiger partial charge on any atom is -0.493 e. The van der Waals surface area contributed by atoms with E-state index in [0.717, 1.165) is 5.56 Å². The van der Waals surface area contributed by atoms with E-state index >= 15 is 0 Å². The predicted octanol–water partition coefficient (Wildman–Crippen LogP) is 3.22. The number of methoxy groups -OCH3 is 3. The van der Waals surface area contributed by atoms with E-state index in [-0.39, 0.29) is 23.8 Å². The molecule has 0 aliphatic rings. The van der Waals surface area contributed by atoms with Crippen molar-refractivity contribution in [3.63, 3.8) is 0 Å². The van der Waals surface area contributed by atoms with Crippen molar-refractivity contribution in [2.75, 3.05) is 21.3 Å². The average molecular weight is 438 g/mol. The van der Waals surface area contributed by atoms with Crippen LogP contribution in [0.3, 0.4) is 0 Å². The number of hydrogen-bond donors (Lipinski definition) is 1. The number of benzene rings is 2. The first-order chi connectivity index (χ1) is 15.5. The van der Waals surface area contributed by atoms with Crippen LogP contribution in [0.2, 0.25) is 0 Å². The Kier molecular flexibility index (Phi) is 7.47. The Labute approximate surface area is 184 Å². The summed E-state index contributed by atoms with van der Waals surface area (Å²) < 4.78 is 26.0. The van der Waals surface area contributed by atoms with Crippen LogP contribution in [0.5, 0.6) is 23.0 Å². The first kappa shape index (κ1) is 22.4. The molecule has 0 aliphatic carbocycles. The number of hydrogen-bond acceptors (Lipinski definition) is 8. The number of esters is 1. The van der Waals surface area contributed by atoms with Crippen LogP contribution in [0.15, 0.2) is 64.3 Å². The van der Waals surface area contributed by atoms with Crippen LogP contribution in [-0.2, 0) is 11.2 Å². The fraction of sp³-hybridized carbons (Fsp3) is 0.174. The number of rotatable bonds is 9. The molecule has 9 heteroatoms. The molecule has 0 atom stereocenters. The lowest BCUT2D eigenvalue weighted by molar-refractivity contribution is -0.120. The summed E-state index contributed by atoms with van der Waals surface area (Å²) in [5.74, 6) is 0.814. The summed E-state index contributed by atoms with van der Waals surface area (Å²) in [5, 5.41) is 3.96. The molecule has 2 aromatic carbocycles. The van der Waals surface area contributed by atoms with Gasteiger partial charge in [0, 0.05) is 0 Å². The zero-order chi connectivity index (χ0) is 22.9. The minimum atomic E-state index is -0.642. The molecule has 0 fully saturated rings. The van der Waals surface area contributed by atoms with E-state index in [1.54, 1.807) is 49.6 Å². The molecule has 0 radical (unpaired) electrons. The summed E-state index contributed by atoms with van der Waals surface area (Å²) in [6.07, 6.45) is 2.95. The number of ether oxygens (including phenoxy) is 4. The van der Waals surface area contributed by atoms with Crippen LogP contribution >= 0.6 is 0 Å². The molecule has 32 heavy (non-hydrogen) atoms. The lowest BCUT2D eigenvalue weighted by Gasteiger charge is -2.09. The monoisotopic (exact) mass is 438 g/mol. The molecule has 166 valence electrons. The molecular formula is C23H22N2O7. The van der Waals surface area contributed by atoms with Gasteiger partial charge in [0.1, 0.15) is 0 Å². The van der Waals surface area contributed by atoms with Crippen molar-refractivity contribution in [2.45, 2.75) is 6.42 Å². The maximum atomic E-state index is 12.2. The second-order valence-electron chi connectivity index (χ2n) is 6.44. The van der Waals surface area contributed by atoms with Gasteiger partial charge < -0.3 is 23.4 Å². The zero-order valence-electron chi connectivity index (χ0n) is 17.8. The fourth-order valence-corrected chi connectivity index (χ4v) is 2.79. The van der Waals surface area contributed by atoms with Crippen molar-refractivity contribution in [3.8, 4) is 23.0 Å². The van der Waals surface area contributed by atoms with E-state index in [9.17, 15) is 9.59 Å². The van der Waals surface area contributed by atoms with Crippen molar-refractivity contribution in [2.24, 2.45) is 5.10 Å². The van der Waals surface area contributed by atoms with Crippen molar-refractivity contribution in [1.82, 2.24) is 5.43 Å². The summed E-state index contributed by atoms with van der Waals surface area (Å²) in [5.41, 5.74) is 3.85. The third kappa shape index (κ3) is 5.66. The van der Waals surface area contributed by atoms with E-state index < -0.39 is 5.97 Å². The number of carbonyl (C=O) groups excluding carboxylic acids is 2. The molecule has 1 heterocycles. The van der Waals surface area contributed by atoms with Gasteiger partial charge in [-0.15, -0.1) is 0 Å². The molecule has 0 spiro atoms. The van der Waals surface area contributed by atoms with Gasteiger partial charge in [0.15, 0.2) is 23.0 Å². The lowest BCUT2D eigenvalue weighted by atomic mass is 10.1. The smallest absolute Gasteiger partial charge is 0.379 e. The van der Waals surface area contributed by atoms with Gasteiger partial charge in [-0.2, -0.15) is 5.10 Å². The maximum absolute atomic E-state index is 12.2. The van der Waals surface area contributed by atoms with E-state index in [0.29, 0.717) is 22.8 Å². The van der Waals surface area contributed by atoms with Crippen LogP contribution in [0, 0.1) is 0 Å². The fourth-order valence-electron chi connectivity index (χ4n) is 2.79. The highest BCUT2D eigenvalue weighted by atomic mass is 16.6. The number of hydrazone groups is 1. The first-order valence-corrected chi connectivity index (χ1v) is 9.50. The second-order valence-corrected chi connectivity index (χ2v) is 6.44. The van der Waals surface area contributed by atoms with Gasteiger partial charge in [0.25, 0.3) is 0 Å². The van der Waals surface area contributed by atoms with Crippen LogP contribution in [0.1, 0.15) is 21.7 Å². The Morgan fingerprint density at radius 1 is 0.938 bits per heavy atom. The predicted molar refractivity (Wildman–Crippen MR) is 116 cm³/mol. The molecule has 0 saturated heterocycles. The summed E-state index contributed by atoms with van der Waals surface area (Å²) in [6, 6.07) is 13.2. The van der Waals surface area contributed by atoms with Crippen molar-refractivity contribution >= 4 is 18.1 Å². The summed E-state index contributed by atoms with van der Waals surface area (Å²) in [7, 11) is 4.53. The maximum Gasteiger partial charge on any atom is 0.379 e. The quantitative estimate of drug-likeness (QED) is 0.236. The average Bonchev–Trinajstić information content (AvgIpc) is 3.35. The van der Waals surface area contributed by atoms with Crippen molar-refractivity contribution < 1.29 is 33.0 Å². The Hall–Kier alpha value is -4.27. The first-order valence-electron chi connectivity index (χ1n) is 9.50. The molecule has 0 saturated carbocycles. The minimum absolute atomic E-state index is 0.0786. The summed E-state index contributed by atoms with van der Waals surface area (Å²) >= 11 is 0. The standard InChI is InChI=1S/C23H22N2O7/c1-28-17-8-6-15(11-20(17)29-2)13-22(26)25-24-14-16-7-9-18(21(12-16)30-3)32-23(27)19-5-4-10-31-19/h4-12,14H,13H2,1-3H3,(H,25,26). The SMILES string of the molecule is COc1ccc(CC(=O)NN=Cc2ccc(OC(=O)c3ccco3)c(OC)c2)cc1OC. The molecule has 0 aliphatic heterocycles. The molecule has 0 unspecified atom stereocenters. The highest BCUT2D eigenvalue weighted by Gasteiger charge is 2.15. The molecular weight excluding hydrogens is 416 g/mol. The number of nitrogens with one attached hydrogen (secondary N) is 1. The zero-order valence-corrected chi connectivity index (χ0v) is 17.8. The van der Waals surface area contributed by atoms with Crippen molar-refractivity contribution in [3.05, 3.63) is 71.7 Å². The summed E-state index contributed by atoms with van der Waals surface area (Å²) in [4.78, 5) is 24.2. The van der Waals surface area contributed by atoms with E-state index in [1.165, 1.54) is 32.8 Å². The largest absolute Gasteiger partial charge is 0.493 e. The van der Waals surface area contributed by atoms with E-state index in [1.807, 2.05) is 0 Å². The molecule has 1 N–H and O–H groups in total. The van der Waals surface area contributed by atoms with Gasteiger partial charge >= 0.3 is 5.97 Å². The number of amides is 1. The summed E-state index contributed by atoms with van der Waals surface area (Å²) in [6.45, 7) is 0. The van der Waals surface area contributed by atoms with Gasteiger partial charge in [-0.1, -0.05) is 6.07 Å². The number of carbonyl (C=O) groups is 2. The van der Waals surface area contributed by atoms with Crippen LogP contribution in [-0.4, -0.2) is 39.4 Å². The second kappa shape index (κ2) is 10.7.